The van der Waals surface area contributed by atoms with E-state index in [0.29, 0.717) is 24.7 Å². The van der Waals surface area contributed by atoms with Gasteiger partial charge in [-0.05, 0) is 73.7 Å². The molecule has 0 unspecified atom stereocenters. The summed E-state index contributed by atoms with van der Waals surface area (Å²) in [5.41, 5.74) is 7.32. The first-order chi connectivity index (χ1) is 17.2. The molecule has 0 fully saturated rings. The minimum Gasteiger partial charge on any atom is -0.492 e. The zero-order chi connectivity index (χ0) is 25.6. The highest BCUT2D eigenvalue weighted by Gasteiger charge is 2.43. The van der Waals surface area contributed by atoms with E-state index in [1.165, 1.54) is 11.1 Å². The minimum absolute atomic E-state index is 0.0657. The van der Waals surface area contributed by atoms with Gasteiger partial charge in [0.05, 0.1) is 13.0 Å². The summed E-state index contributed by atoms with van der Waals surface area (Å²) in [6.45, 7) is 9.17. The van der Waals surface area contributed by atoms with Gasteiger partial charge in [0, 0.05) is 30.2 Å². The highest BCUT2D eigenvalue weighted by molar-refractivity contribution is 5.75. The number of carbonyl (C=O) groups is 1. The molecule has 2 heterocycles. The monoisotopic (exact) mass is 488 g/mol. The van der Waals surface area contributed by atoms with Crippen LogP contribution in [0.25, 0.3) is 11.1 Å². The van der Waals surface area contributed by atoms with E-state index in [2.05, 4.69) is 58.0 Å². The number of ether oxygens (including phenoxy) is 4. The van der Waals surface area contributed by atoms with E-state index in [0.717, 1.165) is 33.6 Å². The van der Waals surface area contributed by atoms with Crippen molar-refractivity contribution in [1.82, 2.24) is 0 Å². The number of fused-ring (bicyclic) bond motifs is 2. The lowest BCUT2D eigenvalue weighted by Gasteiger charge is -2.25. The van der Waals surface area contributed by atoms with E-state index < -0.39 is 11.6 Å². The van der Waals surface area contributed by atoms with Gasteiger partial charge in [0.25, 0.3) is 0 Å². The summed E-state index contributed by atoms with van der Waals surface area (Å²) in [5.74, 6) is 1.36. The van der Waals surface area contributed by atoms with Crippen LogP contribution in [0.2, 0.25) is 0 Å². The summed E-state index contributed by atoms with van der Waals surface area (Å²) in [6.07, 6.45) is -0.0634. The van der Waals surface area contributed by atoms with Crippen LogP contribution >= 0.6 is 0 Å². The number of hydrogen-bond donors (Lipinski definition) is 1. The zero-order valence-electron chi connectivity index (χ0n) is 21.4. The second kappa shape index (κ2) is 9.17. The smallest absolute Gasteiger partial charge is 0.304 e. The number of methoxy groups -OCH3 is 1. The summed E-state index contributed by atoms with van der Waals surface area (Å²) >= 11 is 0. The highest BCUT2D eigenvalue weighted by Crippen LogP contribution is 2.49. The van der Waals surface area contributed by atoms with Crippen molar-refractivity contribution in [2.75, 3.05) is 13.7 Å². The maximum Gasteiger partial charge on any atom is 0.304 e. The van der Waals surface area contributed by atoms with Crippen LogP contribution in [-0.4, -0.2) is 30.4 Å². The Balaban J connectivity index is 1.37. The first-order valence-corrected chi connectivity index (χ1v) is 12.2. The SMILES string of the molecule is CO[C@H]1c2c(cc(C)c(-c3cccc(COc4ccc5c(c4)OC[C@H]5CC(=O)O)c3)c2C)OC1(C)C. The second-order valence-corrected chi connectivity index (χ2v) is 10.2. The maximum absolute atomic E-state index is 11.1. The third kappa shape index (κ3) is 4.30. The lowest BCUT2D eigenvalue weighted by molar-refractivity contribution is -0.137. The second-order valence-electron chi connectivity index (χ2n) is 10.2. The minimum atomic E-state index is -0.820. The molecule has 2 aliphatic rings. The van der Waals surface area contributed by atoms with E-state index >= 15 is 0 Å². The fourth-order valence-corrected chi connectivity index (χ4v) is 5.61. The van der Waals surface area contributed by atoms with Crippen LogP contribution in [0.1, 0.15) is 60.1 Å². The van der Waals surface area contributed by atoms with Gasteiger partial charge in [-0.15, -0.1) is 0 Å². The van der Waals surface area contributed by atoms with Crippen molar-refractivity contribution in [3.05, 3.63) is 76.3 Å². The first-order valence-electron chi connectivity index (χ1n) is 12.2. The molecule has 188 valence electrons. The average Bonchev–Trinajstić information content (AvgIpc) is 3.33. The zero-order valence-corrected chi connectivity index (χ0v) is 21.4. The Morgan fingerprint density at radius 1 is 1.11 bits per heavy atom. The topological polar surface area (TPSA) is 74.2 Å². The number of rotatable bonds is 7. The summed E-state index contributed by atoms with van der Waals surface area (Å²) in [4.78, 5) is 11.1. The van der Waals surface area contributed by atoms with Gasteiger partial charge in [-0.25, -0.2) is 0 Å². The van der Waals surface area contributed by atoms with Crippen LogP contribution in [0.4, 0.5) is 0 Å². The number of hydrogen-bond acceptors (Lipinski definition) is 5. The summed E-state index contributed by atoms with van der Waals surface area (Å²) in [7, 11) is 1.73. The molecule has 0 bridgehead atoms. The Morgan fingerprint density at radius 3 is 2.67 bits per heavy atom. The Bertz CT molecular complexity index is 1330. The predicted octanol–water partition coefficient (Wildman–Crippen LogP) is 6.36. The molecular weight excluding hydrogens is 456 g/mol. The molecule has 36 heavy (non-hydrogen) atoms. The van der Waals surface area contributed by atoms with Gasteiger partial charge < -0.3 is 24.1 Å². The molecule has 0 saturated carbocycles. The molecule has 3 aromatic carbocycles. The molecule has 6 heteroatoms. The van der Waals surface area contributed by atoms with Crippen molar-refractivity contribution in [3.8, 4) is 28.4 Å². The number of aliphatic carboxylic acids is 1. The molecule has 0 amide bonds. The summed E-state index contributed by atoms with van der Waals surface area (Å²) < 4.78 is 23.9. The van der Waals surface area contributed by atoms with Crippen molar-refractivity contribution in [1.29, 1.82) is 0 Å². The summed E-state index contributed by atoms with van der Waals surface area (Å²) in [5, 5.41) is 9.10. The Hall–Kier alpha value is -3.51. The highest BCUT2D eigenvalue weighted by atomic mass is 16.6. The molecule has 0 spiro atoms. The third-order valence-electron chi connectivity index (χ3n) is 7.20. The molecule has 0 radical (unpaired) electrons. The van der Waals surface area contributed by atoms with Crippen molar-refractivity contribution in [2.45, 2.75) is 58.3 Å². The van der Waals surface area contributed by atoms with Gasteiger partial charge in [0.15, 0.2) is 0 Å². The molecule has 2 aliphatic heterocycles. The van der Waals surface area contributed by atoms with Crippen molar-refractivity contribution in [2.24, 2.45) is 0 Å². The van der Waals surface area contributed by atoms with Crippen molar-refractivity contribution in [3.63, 3.8) is 0 Å². The fraction of sp³-hybridized carbons (Fsp3) is 0.367. The van der Waals surface area contributed by atoms with Crippen LogP contribution in [0.5, 0.6) is 17.2 Å². The first kappa shape index (κ1) is 24.2. The van der Waals surface area contributed by atoms with Crippen molar-refractivity contribution >= 4 is 5.97 Å². The molecule has 1 N–H and O–H groups in total. The molecule has 0 aliphatic carbocycles. The molecule has 2 atom stereocenters. The Kier molecular flexibility index (Phi) is 6.17. The number of carboxylic acids is 1. The molecule has 6 nitrogen and oxygen atoms in total. The fourth-order valence-electron chi connectivity index (χ4n) is 5.61. The quantitative estimate of drug-likeness (QED) is 0.417. The average molecular weight is 489 g/mol. The van der Waals surface area contributed by atoms with Crippen LogP contribution < -0.4 is 14.2 Å². The van der Waals surface area contributed by atoms with Gasteiger partial charge in [0.2, 0.25) is 0 Å². The van der Waals surface area contributed by atoms with Crippen LogP contribution in [-0.2, 0) is 16.1 Å². The van der Waals surface area contributed by atoms with Gasteiger partial charge in [-0.3, -0.25) is 4.79 Å². The predicted molar refractivity (Wildman–Crippen MR) is 137 cm³/mol. The van der Waals surface area contributed by atoms with E-state index in [1.54, 1.807) is 7.11 Å². The van der Waals surface area contributed by atoms with E-state index in [1.807, 2.05) is 18.2 Å². The molecular formula is C30H32O6. The van der Waals surface area contributed by atoms with Crippen molar-refractivity contribution < 1.29 is 28.8 Å². The van der Waals surface area contributed by atoms with Crippen LogP contribution in [0.15, 0.2) is 48.5 Å². The lowest BCUT2D eigenvalue weighted by atomic mass is 9.87. The largest absolute Gasteiger partial charge is 0.492 e. The lowest BCUT2D eigenvalue weighted by Crippen LogP contribution is -2.31. The Morgan fingerprint density at radius 2 is 1.92 bits per heavy atom. The van der Waals surface area contributed by atoms with Gasteiger partial charge in [0.1, 0.15) is 35.6 Å². The number of benzene rings is 3. The van der Waals surface area contributed by atoms with Crippen LogP contribution in [0, 0.1) is 13.8 Å². The maximum atomic E-state index is 11.1. The Labute approximate surface area is 211 Å². The van der Waals surface area contributed by atoms with E-state index in [4.69, 9.17) is 24.1 Å². The van der Waals surface area contributed by atoms with E-state index in [9.17, 15) is 4.79 Å². The summed E-state index contributed by atoms with van der Waals surface area (Å²) in [6, 6.07) is 16.2. The standard InChI is InChI=1S/C30H32O6/c1-17-11-25-28(29(33-5)30(3,4)36-25)18(2)27(17)20-8-6-7-19(12-20)15-34-22-9-10-23-21(13-26(31)32)16-35-24(23)14-22/h6-12,14,21,29H,13,15-16H2,1-5H3,(H,31,32)/t21-,29+/m1/s1. The number of carboxylic acid groups (broad SMARTS) is 1. The molecule has 3 aromatic rings. The van der Waals surface area contributed by atoms with E-state index in [-0.39, 0.29) is 18.4 Å². The normalized spacial score (nSPS) is 19.2. The third-order valence-corrected chi connectivity index (χ3v) is 7.20. The molecule has 0 aromatic heterocycles. The number of aryl methyl sites for hydroxylation is 1. The molecule has 0 saturated heterocycles. The molecule has 5 rings (SSSR count). The van der Waals surface area contributed by atoms with Gasteiger partial charge in [-0.2, -0.15) is 0 Å². The van der Waals surface area contributed by atoms with Gasteiger partial charge >= 0.3 is 5.97 Å². The van der Waals surface area contributed by atoms with Crippen LogP contribution in [0.3, 0.4) is 0 Å². The van der Waals surface area contributed by atoms with Gasteiger partial charge in [-0.1, -0.05) is 24.3 Å².